The quantitative estimate of drug-likeness (QED) is 0.568. The maximum atomic E-state index is 12.0. The largest absolute Gasteiger partial charge is 0.348 e. The number of hydrogen-bond donors (Lipinski definition) is 1. The molecule has 110 valence electrons. The normalized spacial score (nSPS) is 21.1. The highest BCUT2D eigenvalue weighted by Gasteiger charge is 2.35. The molecule has 1 rings (SSSR count). The van der Waals surface area contributed by atoms with Crippen molar-refractivity contribution in [3.63, 3.8) is 0 Å². The van der Waals surface area contributed by atoms with E-state index in [0.717, 1.165) is 12.8 Å². The molecule has 0 bridgehead atoms. The Hall–Kier alpha value is -1.11. The van der Waals surface area contributed by atoms with Gasteiger partial charge in [-0.1, -0.05) is 13.3 Å². The van der Waals surface area contributed by atoms with Gasteiger partial charge in [0.05, 0.1) is 11.5 Å². The van der Waals surface area contributed by atoms with Gasteiger partial charge < -0.3 is 10.2 Å². The number of nitrogens with zero attached hydrogens (tertiary/aromatic N) is 1. The van der Waals surface area contributed by atoms with E-state index in [0.29, 0.717) is 19.5 Å². The van der Waals surface area contributed by atoms with E-state index in [2.05, 4.69) is 5.32 Å². The predicted octanol–water partition coefficient (Wildman–Crippen LogP) is -0.0617. The third-order valence-electron chi connectivity index (χ3n) is 3.26. The lowest BCUT2D eigenvalue weighted by atomic mass is 10.2. The zero-order valence-electron chi connectivity index (χ0n) is 11.5. The summed E-state index contributed by atoms with van der Waals surface area (Å²) < 4.78 is 22.9. The number of likely N-dealkylation sites (N-methyl/N-ethyl adjacent to an activating group) is 1. The minimum Gasteiger partial charge on any atom is -0.348 e. The molecule has 6 nitrogen and oxygen atoms in total. The molecule has 0 aromatic heterocycles. The second-order valence-corrected chi connectivity index (χ2v) is 6.99. The Morgan fingerprint density at radius 2 is 2.00 bits per heavy atom. The second-order valence-electron chi connectivity index (χ2n) is 4.76. The first-order chi connectivity index (χ1) is 8.91. The van der Waals surface area contributed by atoms with E-state index in [-0.39, 0.29) is 17.5 Å². The summed E-state index contributed by atoms with van der Waals surface area (Å²) >= 11 is 0. The summed E-state index contributed by atoms with van der Waals surface area (Å²) in [5.41, 5.74) is 0. The average Bonchev–Trinajstić information content (AvgIpc) is 2.70. The van der Waals surface area contributed by atoms with Gasteiger partial charge in [0.1, 0.15) is 0 Å². The van der Waals surface area contributed by atoms with Crippen LogP contribution < -0.4 is 5.32 Å². The van der Waals surface area contributed by atoms with Gasteiger partial charge in [-0.05, 0) is 19.8 Å². The Kier molecular flexibility index (Phi) is 5.78. The zero-order chi connectivity index (χ0) is 14.5. The van der Waals surface area contributed by atoms with Crippen molar-refractivity contribution >= 4 is 21.7 Å². The summed E-state index contributed by atoms with van der Waals surface area (Å²) in [5, 5.41) is 2.56. The molecule has 1 aliphatic heterocycles. The van der Waals surface area contributed by atoms with Gasteiger partial charge in [-0.25, -0.2) is 8.42 Å². The third-order valence-corrected chi connectivity index (χ3v) is 5.01. The van der Waals surface area contributed by atoms with Crippen molar-refractivity contribution in [1.82, 2.24) is 10.2 Å². The van der Waals surface area contributed by atoms with Gasteiger partial charge in [0.25, 0.3) is 0 Å². The van der Waals surface area contributed by atoms with Gasteiger partial charge in [-0.3, -0.25) is 9.59 Å². The highest BCUT2D eigenvalue weighted by atomic mass is 32.2. The molecule has 1 aliphatic rings. The molecular formula is C12H22N2O4S. The van der Waals surface area contributed by atoms with Crippen LogP contribution in [0.5, 0.6) is 0 Å². The molecule has 1 fully saturated rings. The number of sulfone groups is 1. The molecule has 0 aliphatic carbocycles. The first-order valence-electron chi connectivity index (χ1n) is 6.70. The molecule has 1 heterocycles. The summed E-state index contributed by atoms with van der Waals surface area (Å²) in [6.45, 7) is 4.57. The van der Waals surface area contributed by atoms with Crippen LogP contribution in [0.1, 0.15) is 33.1 Å². The number of hydrogen-bond acceptors (Lipinski definition) is 4. The predicted molar refractivity (Wildman–Crippen MR) is 72.4 cm³/mol. The highest BCUT2D eigenvalue weighted by Crippen LogP contribution is 2.17. The molecular weight excluding hydrogens is 268 g/mol. The molecule has 2 amide bonds. The Balaban J connectivity index is 2.59. The summed E-state index contributed by atoms with van der Waals surface area (Å²) in [4.78, 5) is 25.0. The fourth-order valence-electron chi connectivity index (χ4n) is 2.17. The van der Waals surface area contributed by atoms with Crippen LogP contribution in [0.25, 0.3) is 0 Å². The molecule has 7 heteroatoms. The van der Waals surface area contributed by atoms with Crippen molar-refractivity contribution in [3.8, 4) is 0 Å². The molecule has 0 saturated carbocycles. The topological polar surface area (TPSA) is 83.6 Å². The molecule has 1 saturated heterocycles. The van der Waals surface area contributed by atoms with E-state index >= 15 is 0 Å². The van der Waals surface area contributed by atoms with Crippen LogP contribution >= 0.6 is 0 Å². The number of carbonyl (C=O) groups excluding carboxylic acids is 2. The summed E-state index contributed by atoms with van der Waals surface area (Å²) in [6.07, 6.45) is 2.18. The third kappa shape index (κ3) is 4.49. The fourth-order valence-corrected chi connectivity index (χ4v) is 3.90. The number of carbonyl (C=O) groups is 2. The van der Waals surface area contributed by atoms with Crippen molar-refractivity contribution in [2.45, 2.75) is 39.2 Å². The van der Waals surface area contributed by atoms with Crippen LogP contribution in [-0.2, 0) is 19.4 Å². The minimum atomic E-state index is -3.06. The zero-order valence-corrected chi connectivity index (χ0v) is 12.3. The van der Waals surface area contributed by atoms with Crippen LogP contribution in [0, 0.1) is 0 Å². The van der Waals surface area contributed by atoms with Crippen molar-refractivity contribution in [2.75, 3.05) is 24.6 Å². The minimum absolute atomic E-state index is 0.0329. The Bertz CT molecular complexity index is 433. The molecule has 0 spiro atoms. The van der Waals surface area contributed by atoms with Crippen molar-refractivity contribution < 1.29 is 18.0 Å². The highest BCUT2D eigenvalue weighted by molar-refractivity contribution is 7.91. The Morgan fingerprint density at radius 1 is 1.32 bits per heavy atom. The van der Waals surface area contributed by atoms with Crippen molar-refractivity contribution in [1.29, 1.82) is 0 Å². The molecule has 19 heavy (non-hydrogen) atoms. The Labute approximate surface area is 114 Å². The van der Waals surface area contributed by atoms with Gasteiger partial charge in [0.15, 0.2) is 9.84 Å². The lowest BCUT2D eigenvalue weighted by molar-refractivity contribution is -0.147. The van der Waals surface area contributed by atoms with E-state index in [1.165, 1.54) is 4.90 Å². The van der Waals surface area contributed by atoms with Gasteiger partial charge in [0, 0.05) is 19.1 Å². The average molecular weight is 290 g/mol. The number of rotatable bonds is 5. The SMILES string of the molecule is CCCCNC(=O)C(=O)N(CC)C1CCS(=O)(=O)C1. The summed E-state index contributed by atoms with van der Waals surface area (Å²) in [7, 11) is -3.06. The van der Waals surface area contributed by atoms with Gasteiger partial charge in [-0.2, -0.15) is 0 Å². The number of amides is 2. The van der Waals surface area contributed by atoms with E-state index in [9.17, 15) is 18.0 Å². The van der Waals surface area contributed by atoms with Crippen LogP contribution in [0.15, 0.2) is 0 Å². The lowest BCUT2D eigenvalue weighted by Gasteiger charge is -2.26. The fraction of sp³-hybridized carbons (Fsp3) is 0.833. The molecule has 0 aromatic rings. The van der Waals surface area contributed by atoms with Crippen LogP contribution in [0.2, 0.25) is 0 Å². The lowest BCUT2D eigenvalue weighted by Crippen LogP contribution is -2.48. The first-order valence-corrected chi connectivity index (χ1v) is 8.52. The van der Waals surface area contributed by atoms with E-state index in [4.69, 9.17) is 0 Å². The van der Waals surface area contributed by atoms with Gasteiger partial charge >= 0.3 is 11.8 Å². The van der Waals surface area contributed by atoms with Crippen LogP contribution in [-0.4, -0.2) is 55.8 Å². The van der Waals surface area contributed by atoms with Gasteiger partial charge in [-0.15, -0.1) is 0 Å². The van der Waals surface area contributed by atoms with Gasteiger partial charge in [0.2, 0.25) is 0 Å². The van der Waals surface area contributed by atoms with Crippen LogP contribution in [0.3, 0.4) is 0 Å². The number of unbranched alkanes of at least 4 members (excludes halogenated alkanes) is 1. The molecule has 1 unspecified atom stereocenters. The molecule has 1 N–H and O–H groups in total. The van der Waals surface area contributed by atoms with Crippen LogP contribution in [0.4, 0.5) is 0 Å². The molecule has 0 radical (unpaired) electrons. The van der Waals surface area contributed by atoms with E-state index < -0.39 is 21.7 Å². The maximum absolute atomic E-state index is 12.0. The maximum Gasteiger partial charge on any atom is 0.312 e. The van der Waals surface area contributed by atoms with E-state index in [1.54, 1.807) is 6.92 Å². The van der Waals surface area contributed by atoms with Crippen molar-refractivity contribution in [3.05, 3.63) is 0 Å². The molecule has 0 aromatic carbocycles. The van der Waals surface area contributed by atoms with Crippen molar-refractivity contribution in [2.24, 2.45) is 0 Å². The monoisotopic (exact) mass is 290 g/mol. The first kappa shape index (κ1) is 15.9. The second kappa shape index (κ2) is 6.88. The summed E-state index contributed by atoms with van der Waals surface area (Å²) in [6, 6.07) is -0.362. The summed E-state index contributed by atoms with van der Waals surface area (Å²) in [5.74, 6) is -1.20. The van der Waals surface area contributed by atoms with E-state index in [1.807, 2.05) is 6.92 Å². The Morgan fingerprint density at radius 3 is 2.47 bits per heavy atom. The smallest absolute Gasteiger partial charge is 0.312 e. The number of nitrogens with one attached hydrogen (secondary N) is 1. The molecule has 1 atom stereocenters. The standard InChI is InChI=1S/C12H22N2O4S/c1-3-5-7-13-11(15)12(16)14(4-2)10-6-8-19(17,18)9-10/h10H,3-9H2,1-2H3,(H,13,15).